The van der Waals surface area contributed by atoms with Crippen LogP contribution in [0.25, 0.3) is 11.2 Å². The summed E-state index contributed by atoms with van der Waals surface area (Å²) in [7, 11) is 0. The summed E-state index contributed by atoms with van der Waals surface area (Å²) >= 11 is 0. The van der Waals surface area contributed by atoms with Gasteiger partial charge in [0.1, 0.15) is 36.8 Å². The number of hydrogen-bond acceptors (Lipinski definition) is 9. The Bertz CT molecular complexity index is 735. The molecule has 1 saturated heterocycles. The van der Waals surface area contributed by atoms with Gasteiger partial charge in [-0.3, -0.25) is 9.98 Å². The van der Waals surface area contributed by atoms with Crippen molar-refractivity contribution in [3.8, 4) is 5.88 Å². The smallest absolute Gasteiger partial charge is 0.242 e. The number of aliphatic hydroxyl groups excluding tert-OH is 3. The van der Waals surface area contributed by atoms with E-state index in [1.807, 2.05) is 0 Å². The van der Waals surface area contributed by atoms with Gasteiger partial charge in [0.25, 0.3) is 0 Å². The van der Waals surface area contributed by atoms with Crippen LogP contribution in [0.4, 0.5) is 0 Å². The lowest BCUT2D eigenvalue weighted by molar-refractivity contribution is -0.0962. The van der Waals surface area contributed by atoms with Crippen molar-refractivity contribution in [3.63, 3.8) is 0 Å². The normalized spacial score (nSPS) is 31.7. The van der Waals surface area contributed by atoms with Crippen molar-refractivity contribution in [1.29, 1.82) is 5.41 Å². The fourth-order valence-corrected chi connectivity index (χ4v) is 2.57. The number of ether oxygens (including phenoxy) is 1. The third kappa shape index (κ3) is 1.70. The maximum Gasteiger partial charge on any atom is 0.242 e. The molecule has 118 valence electrons. The average molecular weight is 310 g/mol. The first-order chi connectivity index (χ1) is 10.4. The van der Waals surface area contributed by atoms with E-state index in [0.29, 0.717) is 0 Å². The zero-order valence-corrected chi connectivity index (χ0v) is 11.2. The number of nitrogens with one attached hydrogen (secondary N) is 1. The van der Waals surface area contributed by atoms with E-state index in [4.69, 9.17) is 15.9 Å². The van der Waals surface area contributed by atoms with Crippen molar-refractivity contribution in [2.75, 3.05) is 6.61 Å². The fourth-order valence-electron chi connectivity index (χ4n) is 2.57. The lowest BCUT2D eigenvalue weighted by Crippen LogP contribution is -2.54. The van der Waals surface area contributed by atoms with Crippen LogP contribution in [0.5, 0.6) is 5.88 Å². The summed E-state index contributed by atoms with van der Waals surface area (Å²) in [6, 6.07) is 0. The summed E-state index contributed by atoms with van der Waals surface area (Å²) < 4.78 is 6.58. The van der Waals surface area contributed by atoms with Crippen molar-refractivity contribution < 1.29 is 25.2 Å². The van der Waals surface area contributed by atoms with Crippen LogP contribution in [0.2, 0.25) is 0 Å². The molecule has 0 aliphatic carbocycles. The second-order valence-electron chi connectivity index (χ2n) is 4.87. The summed E-state index contributed by atoms with van der Waals surface area (Å²) in [6.07, 6.45) is -2.05. The Hall–Kier alpha value is -2.34. The van der Waals surface area contributed by atoms with E-state index in [1.54, 1.807) is 0 Å². The summed E-state index contributed by atoms with van der Waals surface area (Å²) in [6.45, 7) is -0.583. The lowest BCUT2D eigenvalue weighted by atomic mass is 10.0. The van der Waals surface area contributed by atoms with Crippen LogP contribution in [-0.4, -0.2) is 70.7 Å². The predicted octanol–water partition coefficient (Wildman–Crippen LogP) is -2.77. The standard InChI is InChI=1S/C11H14N6O5/c12-10(13)11(7(20)6(19)4(1-18)22-11)17-3-16-5-8(17)14-2-15-9(5)21/h2-4,6-7,18-20H,1H2,(H3,12,13)(H,14,15,21)/t4-,6-,7-,11+/m1/s1. The Morgan fingerprint density at radius 3 is 2.73 bits per heavy atom. The highest BCUT2D eigenvalue weighted by Gasteiger charge is 2.58. The Morgan fingerprint density at radius 2 is 2.14 bits per heavy atom. The van der Waals surface area contributed by atoms with Crippen LogP contribution in [0.15, 0.2) is 12.7 Å². The number of aromatic hydroxyl groups is 1. The minimum atomic E-state index is -2.00. The van der Waals surface area contributed by atoms with Gasteiger partial charge in [-0.25, -0.2) is 9.97 Å². The number of fused-ring (bicyclic) bond motifs is 1. The van der Waals surface area contributed by atoms with Crippen LogP contribution in [0, 0.1) is 5.41 Å². The molecule has 4 atom stereocenters. The molecule has 0 unspecified atom stereocenters. The highest BCUT2D eigenvalue weighted by molar-refractivity contribution is 5.87. The molecular weight excluding hydrogens is 296 g/mol. The molecule has 3 heterocycles. The topological polar surface area (TPSA) is 184 Å². The van der Waals surface area contributed by atoms with E-state index in [-0.39, 0.29) is 11.2 Å². The van der Waals surface area contributed by atoms with Gasteiger partial charge in [0.2, 0.25) is 11.6 Å². The molecule has 0 radical (unpaired) electrons. The molecule has 11 heteroatoms. The first-order valence-electron chi connectivity index (χ1n) is 6.30. The predicted molar refractivity (Wildman–Crippen MR) is 70.8 cm³/mol. The molecule has 0 amide bonds. The van der Waals surface area contributed by atoms with E-state index in [2.05, 4.69) is 15.0 Å². The lowest BCUT2D eigenvalue weighted by Gasteiger charge is -2.32. The molecule has 22 heavy (non-hydrogen) atoms. The van der Waals surface area contributed by atoms with Crippen molar-refractivity contribution in [2.24, 2.45) is 5.73 Å². The number of rotatable bonds is 3. The van der Waals surface area contributed by atoms with Gasteiger partial charge >= 0.3 is 0 Å². The van der Waals surface area contributed by atoms with Gasteiger partial charge in [0, 0.05) is 0 Å². The SMILES string of the molecule is N=C(N)[C@@]1(n2cnc3c(O)ncnc32)O[C@H](CO)[C@@H](O)[C@H]1O. The van der Waals surface area contributed by atoms with Crippen molar-refractivity contribution in [3.05, 3.63) is 12.7 Å². The summed E-state index contributed by atoms with van der Waals surface area (Å²) in [5.74, 6) is -1.01. The largest absolute Gasteiger partial charge is 0.492 e. The molecule has 3 rings (SSSR count). The van der Waals surface area contributed by atoms with E-state index in [1.165, 1.54) is 0 Å². The van der Waals surface area contributed by atoms with Gasteiger partial charge in [-0.1, -0.05) is 0 Å². The molecule has 0 saturated carbocycles. The highest BCUT2D eigenvalue weighted by Crippen LogP contribution is 2.37. The van der Waals surface area contributed by atoms with Gasteiger partial charge < -0.3 is 30.9 Å². The quantitative estimate of drug-likeness (QED) is 0.258. The molecule has 11 nitrogen and oxygen atoms in total. The first-order valence-corrected chi connectivity index (χ1v) is 6.30. The molecule has 0 spiro atoms. The van der Waals surface area contributed by atoms with Crippen LogP contribution in [0.1, 0.15) is 0 Å². The van der Waals surface area contributed by atoms with Gasteiger partial charge in [0.05, 0.1) is 6.61 Å². The average Bonchev–Trinajstić information content (AvgIpc) is 3.02. The number of amidine groups is 1. The molecule has 1 fully saturated rings. The molecule has 1 aliphatic rings. The third-order valence-electron chi connectivity index (χ3n) is 3.67. The van der Waals surface area contributed by atoms with Gasteiger partial charge in [-0.05, 0) is 0 Å². The van der Waals surface area contributed by atoms with Crippen LogP contribution >= 0.6 is 0 Å². The van der Waals surface area contributed by atoms with Crippen LogP contribution < -0.4 is 5.73 Å². The van der Waals surface area contributed by atoms with Gasteiger partial charge in [-0.2, -0.15) is 4.98 Å². The fraction of sp³-hybridized carbons (Fsp3) is 0.455. The summed E-state index contributed by atoms with van der Waals surface area (Å²) in [5.41, 5.74) is 3.64. The Kier molecular flexibility index (Phi) is 3.21. The Labute approximate surface area is 123 Å². The third-order valence-corrected chi connectivity index (χ3v) is 3.67. The zero-order chi connectivity index (χ0) is 16.1. The molecule has 0 bridgehead atoms. The Morgan fingerprint density at radius 1 is 1.41 bits per heavy atom. The molecule has 0 aromatic carbocycles. The minimum Gasteiger partial charge on any atom is -0.492 e. The van der Waals surface area contributed by atoms with E-state index < -0.39 is 42.4 Å². The highest BCUT2D eigenvalue weighted by atomic mass is 16.6. The number of nitrogens with zero attached hydrogens (tertiary/aromatic N) is 4. The Balaban J connectivity index is 2.24. The van der Waals surface area contributed by atoms with Crippen molar-refractivity contribution in [2.45, 2.75) is 24.0 Å². The molecular formula is C11H14N6O5. The number of hydrogen-bond donors (Lipinski definition) is 6. The first kappa shape index (κ1) is 14.6. The van der Waals surface area contributed by atoms with Gasteiger partial charge in [0.15, 0.2) is 11.2 Å². The van der Waals surface area contributed by atoms with Crippen molar-refractivity contribution >= 4 is 17.0 Å². The maximum absolute atomic E-state index is 10.3. The zero-order valence-electron chi connectivity index (χ0n) is 11.2. The van der Waals surface area contributed by atoms with Crippen LogP contribution in [-0.2, 0) is 10.5 Å². The molecule has 2 aromatic rings. The molecule has 1 aliphatic heterocycles. The van der Waals surface area contributed by atoms with E-state index in [9.17, 15) is 20.4 Å². The summed E-state index contributed by atoms with van der Waals surface area (Å²) in [4.78, 5) is 11.4. The van der Waals surface area contributed by atoms with E-state index >= 15 is 0 Å². The second-order valence-corrected chi connectivity index (χ2v) is 4.87. The molecule has 7 N–H and O–H groups in total. The minimum absolute atomic E-state index is 0.0147. The number of aromatic nitrogens is 4. The number of imidazole rings is 1. The maximum atomic E-state index is 10.3. The van der Waals surface area contributed by atoms with Crippen molar-refractivity contribution in [1.82, 2.24) is 19.5 Å². The van der Waals surface area contributed by atoms with E-state index in [0.717, 1.165) is 17.2 Å². The molecule has 2 aromatic heterocycles. The summed E-state index contributed by atoms with van der Waals surface area (Å²) in [5, 5.41) is 46.9. The van der Waals surface area contributed by atoms with Crippen LogP contribution in [0.3, 0.4) is 0 Å². The monoisotopic (exact) mass is 310 g/mol. The second kappa shape index (κ2) is 4.84. The number of nitrogens with two attached hydrogens (primary N) is 1. The van der Waals surface area contributed by atoms with Gasteiger partial charge in [-0.15, -0.1) is 0 Å². The number of aliphatic hydroxyl groups is 3.